The molecule has 1 unspecified atom stereocenters. The number of rotatable bonds is 1. The molecule has 0 heterocycles. The number of hydrogen-bond donors (Lipinski definition) is 1. The van der Waals surface area contributed by atoms with Crippen molar-refractivity contribution in [2.45, 2.75) is 18.7 Å². The van der Waals surface area contributed by atoms with Crippen LogP contribution in [0.5, 0.6) is 0 Å². The standard InChI is InChI=1S/C9H7Cl2F3O/c1-8(15,9(12,13)14)5-2-6(10)4-7(11)3-5/h2-4,15H,1H3. The van der Waals surface area contributed by atoms with E-state index in [1.165, 1.54) is 6.07 Å². The molecule has 0 bridgehead atoms. The van der Waals surface area contributed by atoms with E-state index in [1.54, 1.807) is 0 Å². The summed E-state index contributed by atoms with van der Waals surface area (Å²) < 4.78 is 37.3. The molecule has 1 aromatic carbocycles. The van der Waals surface area contributed by atoms with Gasteiger partial charge in [0.1, 0.15) is 0 Å². The average Bonchev–Trinajstić information content (AvgIpc) is 1.99. The van der Waals surface area contributed by atoms with Crippen LogP contribution in [-0.4, -0.2) is 11.3 Å². The van der Waals surface area contributed by atoms with Crippen molar-refractivity contribution >= 4 is 23.2 Å². The summed E-state index contributed by atoms with van der Waals surface area (Å²) in [6.45, 7) is 0.648. The monoisotopic (exact) mass is 258 g/mol. The van der Waals surface area contributed by atoms with Gasteiger partial charge in [-0.2, -0.15) is 13.2 Å². The van der Waals surface area contributed by atoms with Gasteiger partial charge in [-0.25, -0.2) is 0 Å². The zero-order chi connectivity index (χ0) is 11.9. The Morgan fingerprint density at radius 1 is 1.07 bits per heavy atom. The molecule has 0 fully saturated rings. The van der Waals surface area contributed by atoms with E-state index in [2.05, 4.69) is 0 Å². The molecule has 84 valence electrons. The van der Waals surface area contributed by atoms with E-state index in [1.807, 2.05) is 0 Å². The van der Waals surface area contributed by atoms with Crippen LogP contribution in [0, 0.1) is 0 Å². The number of benzene rings is 1. The highest BCUT2D eigenvalue weighted by Gasteiger charge is 2.51. The maximum Gasteiger partial charge on any atom is 0.421 e. The zero-order valence-corrected chi connectivity index (χ0v) is 9.08. The van der Waals surface area contributed by atoms with Gasteiger partial charge in [0, 0.05) is 10.0 Å². The van der Waals surface area contributed by atoms with Gasteiger partial charge in [0.05, 0.1) is 0 Å². The molecule has 0 aliphatic heterocycles. The fourth-order valence-electron chi connectivity index (χ4n) is 0.999. The van der Waals surface area contributed by atoms with Gasteiger partial charge in [-0.05, 0) is 30.7 Å². The van der Waals surface area contributed by atoms with Crippen molar-refractivity contribution in [3.05, 3.63) is 33.8 Å². The van der Waals surface area contributed by atoms with E-state index in [9.17, 15) is 18.3 Å². The van der Waals surface area contributed by atoms with Crippen LogP contribution in [0.25, 0.3) is 0 Å². The quantitative estimate of drug-likeness (QED) is 0.813. The predicted octanol–water partition coefficient (Wildman–Crippen LogP) is 3.76. The van der Waals surface area contributed by atoms with Gasteiger partial charge in [0.25, 0.3) is 0 Å². The molecule has 1 aromatic rings. The van der Waals surface area contributed by atoms with E-state index >= 15 is 0 Å². The molecular formula is C9H7Cl2F3O. The van der Waals surface area contributed by atoms with Gasteiger partial charge in [0.2, 0.25) is 0 Å². The van der Waals surface area contributed by atoms with Crippen LogP contribution >= 0.6 is 23.2 Å². The second-order valence-corrected chi connectivity index (χ2v) is 4.10. The first kappa shape index (κ1) is 12.6. The van der Waals surface area contributed by atoms with Crippen LogP contribution in [0.15, 0.2) is 18.2 Å². The van der Waals surface area contributed by atoms with Crippen LogP contribution in [0.4, 0.5) is 13.2 Å². The molecule has 1 nitrogen and oxygen atoms in total. The number of alkyl halides is 3. The summed E-state index contributed by atoms with van der Waals surface area (Å²) in [5, 5.41) is 9.42. The maximum atomic E-state index is 12.4. The van der Waals surface area contributed by atoms with Crippen molar-refractivity contribution < 1.29 is 18.3 Å². The minimum atomic E-state index is -4.78. The first-order chi connectivity index (χ1) is 6.64. The number of hydrogen-bond acceptors (Lipinski definition) is 1. The molecule has 0 spiro atoms. The highest BCUT2D eigenvalue weighted by molar-refractivity contribution is 6.34. The Kier molecular flexibility index (Phi) is 3.24. The summed E-state index contributed by atoms with van der Waals surface area (Å²) in [7, 11) is 0. The molecule has 0 aliphatic carbocycles. The van der Waals surface area contributed by atoms with Crippen LogP contribution in [0.2, 0.25) is 10.0 Å². The molecule has 0 aromatic heterocycles. The van der Waals surface area contributed by atoms with E-state index in [4.69, 9.17) is 23.2 Å². The van der Waals surface area contributed by atoms with E-state index < -0.39 is 11.8 Å². The molecular weight excluding hydrogens is 252 g/mol. The number of aliphatic hydroxyl groups is 1. The molecule has 0 saturated heterocycles. The second kappa shape index (κ2) is 3.85. The van der Waals surface area contributed by atoms with Gasteiger partial charge in [0.15, 0.2) is 5.60 Å². The third-order valence-corrected chi connectivity index (χ3v) is 2.41. The molecule has 0 aliphatic rings. The van der Waals surface area contributed by atoms with Gasteiger partial charge >= 0.3 is 6.18 Å². The number of halogens is 5. The van der Waals surface area contributed by atoms with Gasteiger partial charge in [-0.1, -0.05) is 23.2 Å². The molecule has 6 heteroatoms. The van der Waals surface area contributed by atoms with Gasteiger partial charge in [-0.3, -0.25) is 0 Å². The minimum absolute atomic E-state index is 0.0435. The molecule has 1 atom stereocenters. The highest BCUT2D eigenvalue weighted by atomic mass is 35.5. The third-order valence-electron chi connectivity index (χ3n) is 1.98. The van der Waals surface area contributed by atoms with Crippen LogP contribution in [-0.2, 0) is 5.60 Å². The van der Waals surface area contributed by atoms with Crippen molar-refractivity contribution in [3.63, 3.8) is 0 Å². The van der Waals surface area contributed by atoms with Crippen molar-refractivity contribution in [3.8, 4) is 0 Å². The second-order valence-electron chi connectivity index (χ2n) is 3.23. The summed E-state index contributed by atoms with van der Waals surface area (Å²) in [5.41, 5.74) is -3.34. The lowest BCUT2D eigenvalue weighted by Crippen LogP contribution is -2.39. The maximum absolute atomic E-state index is 12.4. The normalized spacial score (nSPS) is 16.2. The topological polar surface area (TPSA) is 20.2 Å². The predicted molar refractivity (Wildman–Crippen MR) is 52.1 cm³/mol. The Balaban J connectivity index is 3.27. The smallest absolute Gasteiger partial charge is 0.376 e. The van der Waals surface area contributed by atoms with Crippen molar-refractivity contribution in [1.29, 1.82) is 0 Å². The van der Waals surface area contributed by atoms with E-state index in [0.717, 1.165) is 12.1 Å². The molecule has 0 saturated carbocycles. The summed E-state index contributed by atoms with van der Waals surface area (Å²) >= 11 is 11.1. The van der Waals surface area contributed by atoms with Crippen molar-refractivity contribution in [1.82, 2.24) is 0 Å². The summed E-state index contributed by atoms with van der Waals surface area (Å²) in [6.07, 6.45) is -4.78. The van der Waals surface area contributed by atoms with Crippen LogP contribution < -0.4 is 0 Å². The van der Waals surface area contributed by atoms with E-state index in [-0.39, 0.29) is 15.6 Å². The van der Waals surface area contributed by atoms with Gasteiger partial charge < -0.3 is 5.11 Å². The summed E-state index contributed by atoms with van der Waals surface area (Å²) in [6, 6.07) is 3.35. The molecule has 1 rings (SSSR count). The molecule has 0 amide bonds. The van der Waals surface area contributed by atoms with Crippen LogP contribution in [0.1, 0.15) is 12.5 Å². The Morgan fingerprint density at radius 2 is 1.47 bits per heavy atom. The Hall–Kier alpha value is -0.450. The summed E-state index contributed by atoms with van der Waals surface area (Å²) in [5.74, 6) is 0. The fourth-order valence-corrected chi connectivity index (χ4v) is 1.52. The van der Waals surface area contributed by atoms with Crippen molar-refractivity contribution in [2.75, 3.05) is 0 Å². The molecule has 1 N–H and O–H groups in total. The highest BCUT2D eigenvalue weighted by Crippen LogP contribution is 2.40. The van der Waals surface area contributed by atoms with Gasteiger partial charge in [-0.15, -0.1) is 0 Å². The first-order valence-electron chi connectivity index (χ1n) is 3.90. The Labute approximate surface area is 94.4 Å². The zero-order valence-electron chi connectivity index (χ0n) is 7.57. The third kappa shape index (κ3) is 2.56. The minimum Gasteiger partial charge on any atom is -0.376 e. The SMILES string of the molecule is CC(O)(c1cc(Cl)cc(Cl)c1)C(F)(F)F. The van der Waals surface area contributed by atoms with Crippen molar-refractivity contribution in [2.24, 2.45) is 0 Å². The Morgan fingerprint density at radius 3 is 1.80 bits per heavy atom. The lowest BCUT2D eigenvalue weighted by molar-refractivity contribution is -0.258. The fraction of sp³-hybridized carbons (Fsp3) is 0.333. The molecule has 0 radical (unpaired) electrons. The average molecular weight is 259 g/mol. The summed E-state index contributed by atoms with van der Waals surface area (Å²) in [4.78, 5) is 0. The largest absolute Gasteiger partial charge is 0.421 e. The van der Waals surface area contributed by atoms with Crippen LogP contribution in [0.3, 0.4) is 0 Å². The first-order valence-corrected chi connectivity index (χ1v) is 4.66. The lowest BCUT2D eigenvalue weighted by atomic mass is 9.95. The molecule has 15 heavy (non-hydrogen) atoms. The van der Waals surface area contributed by atoms with E-state index in [0.29, 0.717) is 6.92 Å². The Bertz CT molecular complexity index is 354. The lowest BCUT2D eigenvalue weighted by Gasteiger charge is -2.26.